The molecule has 2 rings (SSSR count). The molecule has 0 saturated heterocycles. The Hall–Kier alpha value is -1.26. The number of anilines is 1. The molecule has 0 spiro atoms. The standard InChI is InChI=1S/C15H21ClN2O2/c1-3-9-11(7-6-10(13(9)16)14(17)19)18-12-5-4-8-15(12,2)20/h6-7,12,18,20H,3-5,8H2,1-2H3,(H2,17,19)/t12-,15?/m0/s1. The molecule has 110 valence electrons. The van der Waals surface area contributed by atoms with E-state index in [4.69, 9.17) is 17.3 Å². The maximum atomic E-state index is 11.3. The van der Waals surface area contributed by atoms with Crippen molar-refractivity contribution in [3.8, 4) is 0 Å². The minimum absolute atomic E-state index is 0.00305. The monoisotopic (exact) mass is 296 g/mol. The summed E-state index contributed by atoms with van der Waals surface area (Å²) in [6, 6.07) is 3.46. The highest BCUT2D eigenvalue weighted by molar-refractivity contribution is 6.35. The lowest BCUT2D eigenvalue weighted by Crippen LogP contribution is -2.39. The molecule has 0 bridgehead atoms. The number of hydrogen-bond donors (Lipinski definition) is 3. The second-order valence-electron chi connectivity index (χ2n) is 5.62. The SMILES string of the molecule is CCc1c(N[C@H]2CCCC2(C)O)ccc(C(N)=O)c1Cl. The van der Waals surface area contributed by atoms with Gasteiger partial charge in [0.1, 0.15) is 0 Å². The molecule has 1 amide bonds. The van der Waals surface area contributed by atoms with Gasteiger partial charge in [0.25, 0.3) is 0 Å². The quantitative estimate of drug-likeness (QED) is 0.799. The Balaban J connectivity index is 2.33. The van der Waals surface area contributed by atoms with Gasteiger partial charge in [-0.05, 0) is 50.3 Å². The Morgan fingerprint density at radius 2 is 2.30 bits per heavy atom. The highest BCUT2D eigenvalue weighted by atomic mass is 35.5. The summed E-state index contributed by atoms with van der Waals surface area (Å²) < 4.78 is 0. The number of nitrogens with one attached hydrogen (secondary N) is 1. The number of hydrogen-bond acceptors (Lipinski definition) is 3. The molecule has 1 aromatic rings. The van der Waals surface area contributed by atoms with E-state index < -0.39 is 11.5 Å². The largest absolute Gasteiger partial charge is 0.388 e. The highest BCUT2D eigenvalue weighted by Gasteiger charge is 2.37. The zero-order chi connectivity index (χ0) is 14.9. The maximum Gasteiger partial charge on any atom is 0.250 e. The number of carbonyl (C=O) groups excluding carboxylic acids is 1. The van der Waals surface area contributed by atoms with E-state index in [1.54, 1.807) is 6.07 Å². The van der Waals surface area contributed by atoms with Crippen molar-refractivity contribution in [1.82, 2.24) is 0 Å². The molecule has 4 nitrogen and oxygen atoms in total. The molecule has 1 fully saturated rings. The maximum absolute atomic E-state index is 11.3. The van der Waals surface area contributed by atoms with Gasteiger partial charge >= 0.3 is 0 Å². The van der Waals surface area contributed by atoms with Gasteiger partial charge in [0.2, 0.25) is 5.91 Å². The van der Waals surface area contributed by atoms with E-state index in [2.05, 4.69) is 5.32 Å². The second-order valence-corrected chi connectivity index (χ2v) is 6.00. The number of primary amides is 1. The van der Waals surface area contributed by atoms with Crippen molar-refractivity contribution in [3.63, 3.8) is 0 Å². The van der Waals surface area contributed by atoms with E-state index in [9.17, 15) is 9.90 Å². The molecule has 20 heavy (non-hydrogen) atoms. The van der Waals surface area contributed by atoms with Crippen LogP contribution < -0.4 is 11.1 Å². The fraction of sp³-hybridized carbons (Fsp3) is 0.533. The van der Waals surface area contributed by atoms with Gasteiger partial charge in [-0.15, -0.1) is 0 Å². The van der Waals surface area contributed by atoms with Crippen molar-refractivity contribution in [1.29, 1.82) is 0 Å². The second kappa shape index (κ2) is 5.62. The Morgan fingerprint density at radius 3 is 2.80 bits per heavy atom. The normalized spacial score (nSPS) is 25.7. The minimum atomic E-state index is -0.708. The first-order valence-electron chi connectivity index (χ1n) is 6.97. The van der Waals surface area contributed by atoms with Gasteiger partial charge in [0.15, 0.2) is 0 Å². The van der Waals surface area contributed by atoms with Crippen LogP contribution >= 0.6 is 11.6 Å². The third-order valence-corrected chi connectivity index (χ3v) is 4.55. The molecule has 1 aromatic carbocycles. The lowest BCUT2D eigenvalue weighted by molar-refractivity contribution is 0.0578. The van der Waals surface area contributed by atoms with Crippen LogP contribution in [0.3, 0.4) is 0 Å². The molecular weight excluding hydrogens is 276 g/mol. The Bertz CT molecular complexity index is 529. The highest BCUT2D eigenvalue weighted by Crippen LogP contribution is 2.35. The van der Waals surface area contributed by atoms with E-state index in [1.807, 2.05) is 19.9 Å². The summed E-state index contributed by atoms with van der Waals surface area (Å²) in [7, 11) is 0. The number of rotatable bonds is 4. The fourth-order valence-electron chi connectivity index (χ4n) is 2.86. The van der Waals surface area contributed by atoms with Crippen LogP contribution in [0.4, 0.5) is 5.69 Å². The van der Waals surface area contributed by atoms with Gasteiger partial charge in [-0.2, -0.15) is 0 Å². The van der Waals surface area contributed by atoms with Crippen molar-refractivity contribution in [2.75, 3.05) is 5.32 Å². The molecule has 0 aliphatic heterocycles. The van der Waals surface area contributed by atoms with Gasteiger partial charge in [0, 0.05) is 5.69 Å². The summed E-state index contributed by atoms with van der Waals surface area (Å²) in [6.07, 6.45) is 3.40. The zero-order valence-corrected chi connectivity index (χ0v) is 12.6. The minimum Gasteiger partial charge on any atom is -0.388 e. The van der Waals surface area contributed by atoms with E-state index in [0.717, 1.165) is 30.5 Å². The summed E-state index contributed by atoms with van der Waals surface area (Å²) in [6.45, 7) is 3.83. The molecule has 2 atom stereocenters. The summed E-state index contributed by atoms with van der Waals surface area (Å²) in [4.78, 5) is 11.3. The first-order chi connectivity index (χ1) is 9.36. The predicted octanol–water partition coefficient (Wildman–Crippen LogP) is 2.72. The summed E-state index contributed by atoms with van der Waals surface area (Å²) >= 11 is 6.26. The van der Waals surface area contributed by atoms with Crippen molar-refractivity contribution in [2.45, 2.75) is 51.2 Å². The Kier molecular flexibility index (Phi) is 4.25. The fourth-order valence-corrected chi connectivity index (χ4v) is 3.25. The van der Waals surface area contributed by atoms with Gasteiger partial charge in [-0.1, -0.05) is 18.5 Å². The predicted molar refractivity (Wildman–Crippen MR) is 81.2 cm³/mol. The van der Waals surface area contributed by atoms with Crippen molar-refractivity contribution < 1.29 is 9.90 Å². The molecule has 0 heterocycles. The van der Waals surface area contributed by atoms with Gasteiger partial charge < -0.3 is 16.2 Å². The Morgan fingerprint density at radius 1 is 1.60 bits per heavy atom. The number of aliphatic hydroxyl groups is 1. The molecule has 4 N–H and O–H groups in total. The third-order valence-electron chi connectivity index (χ3n) is 4.12. The van der Waals surface area contributed by atoms with E-state index in [-0.39, 0.29) is 6.04 Å². The average molecular weight is 297 g/mol. The molecule has 0 radical (unpaired) electrons. The van der Waals surface area contributed by atoms with E-state index in [0.29, 0.717) is 17.0 Å². The number of halogens is 1. The molecule has 1 aliphatic rings. The molecular formula is C15H21ClN2O2. The number of benzene rings is 1. The molecule has 0 aromatic heterocycles. The van der Waals surface area contributed by atoms with Gasteiger partial charge in [-0.3, -0.25) is 4.79 Å². The number of nitrogens with two attached hydrogens (primary N) is 1. The summed E-state index contributed by atoms with van der Waals surface area (Å²) in [5.41, 5.74) is 6.68. The third kappa shape index (κ3) is 2.76. The lowest BCUT2D eigenvalue weighted by atomic mass is 9.98. The van der Waals surface area contributed by atoms with Crippen LogP contribution in [0.2, 0.25) is 5.02 Å². The summed E-state index contributed by atoms with van der Waals surface area (Å²) in [5, 5.41) is 14.1. The van der Waals surface area contributed by atoms with Crippen molar-refractivity contribution >= 4 is 23.2 Å². The molecule has 5 heteroatoms. The smallest absolute Gasteiger partial charge is 0.250 e. The van der Waals surface area contributed by atoms with Crippen LogP contribution in [0.25, 0.3) is 0 Å². The van der Waals surface area contributed by atoms with Gasteiger partial charge in [-0.25, -0.2) is 0 Å². The van der Waals surface area contributed by atoms with Crippen LogP contribution in [0.5, 0.6) is 0 Å². The lowest BCUT2D eigenvalue weighted by Gasteiger charge is -2.28. The summed E-state index contributed by atoms with van der Waals surface area (Å²) in [5.74, 6) is -0.524. The topological polar surface area (TPSA) is 75.3 Å². The van der Waals surface area contributed by atoms with Crippen molar-refractivity contribution in [2.24, 2.45) is 5.73 Å². The Labute approximate surface area is 124 Å². The van der Waals surface area contributed by atoms with E-state index >= 15 is 0 Å². The molecule has 1 unspecified atom stereocenters. The zero-order valence-electron chi connectivity index (χ0n) is 11.9. The first kappa shape index (κ1) is 15.1. The van der Waals surface area contributed by atoms with Crippen LogP contribution in [-0.2, 0) is 6.42 Å². The average Bonchev–Trinajstić information content (AvgIpc) is 2.69. The molecule has 1 aliphatic carbocycles. The van der Waals surface area contributed by atoms with Crippen molar-refractivity contribution in [3.05, 3.63) is 28.3 Å². The number of amides is 1. The van der Waals surface area contributed by atoms with Crippen LogP contribution in [0.15, 0.2) is 12.1 Å². The van der Waals surface area contributed by atoms with Crippen LogP contribution in [0, 0.1) is 0 Å². The number of carbonyl (C=O) groups is 1. The van der Waals surface area contributed by atoms with E-state index in [1.165, 1.54) is 0 Å². The van der Waals surface area contributed by atoms with Crippen LogP contribution in [0.1, 0.15) is 49.0 Å². The van der Waals surface area contributed by atoms with Crippen LogP contribution in [-0.4, -0.2) is 22.7 Å². The first-order valence-corrected chi connectivity index (χ1v) is 7.34. The van der Waals surface area contributed by atoms with Gasteiger partial charge in [0.05, 0.1) is 22.2 Å². The molecule has 1 saturated carbocycles.